The fourth-order valence-electron chi connectivity index (χ4n) is 2.11. The predicted octanol–water partition coefficient (Wildman–Crippen LogP) is 3.13. The number of carbonyl (C=O) groups is 1. The number of hydrogen-bond acceptors (Lipinski definition) is 4. The van der Waals surface area contributed by atoms with Crippen LogP contribution in [0.4, 0.5) is 0 Å². The van der Waals surface area contributed by atoms with Gasteiger partial charge in [0, 0.05) is 5.39 Å². The lowest BCUT2D eigenvalue weighted by Crippen LogP contribution is -2.38. The molecule has 3 aromatic rings. The minimum atomic E-state index is -1.10. The third-order valence-corrected chi connectivity index (χ3v) is 4.07. The summed E-state index contributed by atoms with van der Waals surface area (Å²) in [6.45, 7) is 1.80. The van der Waals surface area contributed by atoms with Gasteiger partial charge in [0.25, 0.3) is 5.91 Å². The Bertz CT molecular complexity index is 726. The van der Waals surface area contributed by atoms with Crippen LogP contribution in [0.1, 0.15) is 23.0 Å². The second-order valence-corrected chi connectivity index (χ2v) is 5.90. The molecule has 21 heavy (non-hydrogen) atoms. The molecule has 1 unspecified atom stereocenters. The van der Waals surface area contributed by atoms with Crippen LogP contribution in [0.5, 0.6) is 0 Å². The molecule has 2 heterocycles. The number of rotatable bonds is 4. The second kappa shape index (κ2) is 5.35. The first-order valence-corrected chi connectivity index (χ1v) is 7.52. The largest absolute Gasteiger partial charge is 0.451 e. The summed E-state index contributed by atoms with van der Waals surface area (Å²) in [5.41, 5.74) is 0.367. The van der Waals surface area contributed by atoms with E-state index in [1.807, 2.05) is 41.1 Å². The van der Waals surface area contributed by atoms with E-state index in [-0.39, 0.29) is 18.2 Å². The summed E-state index contributed by atoms with van der Waals surface area (Å²) in [6, 6.07) is 11.0. The van der Waals surface area contributed by atoms with Crippen LogP contribution in [0.15, 0.2) is 51.6 Å². The van der Waals surface area contributed by atoms with Crippen molar-refractivity contribution < 1.29 is 14.3 Å². The summed E-state index contributed by atoms with van der Waals surface area (Å²) in [5.74, 6) is -0.0842. The maximum atomic E-state index is 12.1. The topological polar surface area (TPSA) is 62.5 Å². The van der Waals surface area contributed by atoms with Gasteiger partial charge in [0.15, 0.2) is 5.76 Å². The fourth-order valence-corrected chi connectivity index (χ4v) is 2.89. The van der Waals surface area contributed by atoms with Gasteiger partial charge in [0.1, 0.15) is 11.2 Å². The van der Waals surface area contributed by atoms with E-state index >= 15 is 0 Å². The van der Waals surface area contributed by atoms with E-state index in [2.05, 4.69) is 5.32 Å². The smallest absolute Gasteiger partial charge is 0.287 e. The highest BCUT2D eigenvalue weighted by atomic mass is 32.1. The van der Waals surface area contributed by atoms with Crippen LogP contribution in [-0.2, 0) is 5.60 Å². The molecule has 1 amide bonds. The average Bonchev–Trinajstić information content (AvgIpc) is 3.13. The summed E-state index contributed by atoms with van der Waals surface area (Å²) in [7, 11) is 0. The molecule has 1 atom stereocenters. The zero-order chi connectivity index (χ0) is 14.9. The Morgan fingerprint density at radius 3 is 2.90 bits per heavy atom. The van der Waals surface area contributed by atoms with E-state index in [1.54, 1.807) is 13.0 Å². The van der Waals surface area contributed by atoms with Crippen LogP contribution in [0, 0.1) is 0 Å². The van der Waals surface area contributed by atoms with Crippen molar-refractivity contribution in [2.24, 2.45) is 0 Å². The van der Waals surface area contributed by atoms with Gasteiger partial charge >= 0.3 is 0 Å². The van der Waals surface area contributed by atoms with Gasteiger partial charge in [-0.3, -0.25) is 4.79 Å². The number of aliphatic hydroxyl groups is 1. The molecule has 0 saturated heterocycles. The normalized spacial score (nSPS) is 14.0. The molecule has 1 aromatic carbocycles. The SMILES string of the molecule is CC(O)(CNC(=O)c1cc2ccccc2o1)c1ccsc1. The highest BCUT2D eigenvalue weighted by Gasteiger charge is 2.25. The van der Waals surface area contributed by atoms with Gasteiger partial charge in [-0.25, -0.2) is 0 Å². The third-order valence-electron chi connectivity index (χ3n) is 3.39. The first-order valence-electron chi connectivity index (χ1n) is 6.58. The van der Waals surface area contributed by atoms with Gasteiger partial charge in [-0.1, -0.05) is 18.2 Å². The Morgan fingerprint density at radius 2 is 2.19 bits per heavy atom. The van der Waals surface area contributed by atoms with Gasteiger partial charge < -0.3 is 14.8 Å². The number of para-hydroxylation sites is 1. The Labute approximate surface area is 126 Å². The molecule has 0 radical (unpaired) electrons. The maximum absolute atomic E-state index is 12.1. The Morgan fingerprint density at radius 1 is 1.38 bits per heavy atom. The lowest BCUT2D eigenvalue weighted by atomic mass is 9.99. The number of fused-ring (bicyclic) bond motifs is 1. The predicted molar refractivity (Wildman–Crippen MR) is 82.4 cm³/mol. The van der Waals surface area contributed by atoms with Crippen molar-refractivity contribution in [2.75, 3.05) is 6.54 Å². The standard InChI is InChI=1S/C16H15NO3S/c1-16(19,12-6-7-21-9-12)10-17-15(18)14-8-11-4-2-3-5-13(11)20-14/h2-9,19H,10H2,1H3,(H,17,18). The van der Waals surface area contributed by atoms with Gasteiger partial charge in [-0.2, -0.15) is 11.3 Å². The highest BCUT2D eigenvalue weighted by Crippen LogP contribution is 2.23. The zero-order valence-corrected chi connectivity index (χ0v) is 12.3. The number of furan rings is 1. The van der Waals surface area contributed by atoms with Crippen molar-refractivity contribution in [3.05, 3.63) is 58.5 Å². The van der Waals surface area contributed by atoms with Gasteiger partial charge in [0.05, 0.1) is 6.54 Å². The molecule has 0 aliphatic carbocycles. The summed E-state index contributed by atoms with van der Waals surface area (Å²) in [6.07, 6.45) is 0. The van der Waals surface area contributed by atoms with E-state index in [0.717, 1.165) is 10.9 Å². The number of amides is 1. The van der Waals surface area contributed by atoms with E-state index in [1.165, 1.54) is 11.3 Å². The van der Waals surface area contributed by atoms with Gasteiger partial charge in [-0.05, 0) is 41.4 Å². The molecule has 108 valence electrons. The molecule has 0 saturated carbocycles. The van der Waals surface area contributed by atoms with Crippen LogP contribution in [0.2, 0.25) is 0 Å². The molecule has 0 aliphatic heterocycles. The average molecular weight is 301 g/mol. The quantitative estimate of drug-likeness (QED) is 0.778. The summed E-state index contributed by atoms with van der Waals surface area (Å²) in [4.78, 5) is 12.1. The third kappa shape index (κ3) is 2.84. The molecule has 2 N–H and O–H groups in total. The minimum Gasteiger partial charge on any atom is -0.451 e. The fraction of sp³-hybridized carbons (Fsp3) is 0.188. The van der Waals surface area contributed by atoms with Crippen LogP contribution in [0.25, 0.3) is 11.0 Å². The Hall–Kier alpha value is -2.11. The summed E-state index contributed by atoms with van der Waals surface area (Å²) in [5, 5.41) is 17.7. The van der Waals surface area contributed by atoms with Crippen molar-refractivity contribution in [3.8, 4) is 0 Å². The molecule has 0 spiro atoms. The maximum Gasteiger partial charge on any atom is 0.287 e. The zero-order valence-electron chi connectivity index (χ0n) is 11.5. The number of hydrogen-bond donors (Lipinski definition) is 2. The second-order valence-electron chi connectivity index (χ2n) is 5.12. The summed E-state index contributed by atoms with van der Waals surface area (Å²) >= 11 is 1.51. The Kier molecular flexibility index (Phi) is 3.53. The summed E-state index contributed by atoms with van der Waals surface area (Å²) < 4.78 is 5.49. The lowest BCUT2D eigenvalue weighted by molar-refractivity contribution is 0.0523. The number of nitrogens with one attached hydrogen (secondary N) is 1. The van der Waals surface area contributed by atoms with Crippen LogP contribution in [-0.4, -0.2) is 17.6 Å². The van der Waals surface area contributed by atoms with Crippen LogP contribution in [0.3, 0.4) is 0 Å². The first-order chi connectivity index (χ1) is 10.1. The first kappa shape index (κ1) is 13.9. The molecule has 3 rings (SSSR count). The number of thiophene rings is 1. The van der Waals surface area contributed by atoms with E-state index in [4.69, 9.17) is 4.42 Å². The van der Waals surface area contributed by atoms with Crippen molar-refractivity contribution >= 4 is 28.2 Å². The van der Waals surface area contributed by atoms with E-state index in [0.29, 0.717) is 5.58 Å². The molecule has 5 heteroatoms. The molecule has 0 aliphatic rings. The highest BCUT2D eigenvalue weighted by molar-refractivity contribution is 7.08. The minimum absolute atomic E-state index is 0.125. The molecular formula is C16H15NO3S. The molecule has 4 nitrogen and oxygen atoms in total. The molecular weight excluding hydrogens is 286 g/mol. The van der Waals surface area contributed by atoms with Crippen molar-refractivity contribution in [1.29, 1.82) is 0 Å². The molecule has 0 bridgehead atoms. The van der Waals surface area contributed by atoms with Crippen molar-refractivity contribution in [2.45, 2.75) is 12.5 Å². The monoisotopic (exact) mass is 301 g/mol. The Balaban J connectivity index is 1.72. The molecule has 0 fully saturated rings. The lowest BCUT2D eigenvalue weighted by Gasteiger charge is -2.22. The van der Waals surface area contributed by atoms with E-state index in [9.17, 15) is 9.90 Å². The molecule has 2 aromatic heterocycles. The van der Waals surface area contributed by atoms with Crippen LogP contribution < -0.4 is 5.32 Å². The number of carbonyl (C=O) groups excluding carboxylic acids is 1. The van der Waals surface area contributed by atoms with Crippen LogP contribution >= 0.6 is 11.3 Å². The van der Waals surface area contributed by atoms with E-state index < -0.39 is 5.60 Å². The number of benzene rings is 1. The van der Waals surface area contributed by atoms with Gasteiger partial charge in [0.2, 0.25) is 0 Å². The van der Waals surface area contributed by atoms with Crippen molar-refractivity contribution in [1.82, 2.24) is 5.32 Å². The van der Waals surface area contributed by atoms with Crippen molar-refractivity contribution in [3.63, 3.8) is 0 Å². The van der Waals surface area contributed by atoms with Gasteiger partial charge in [-0.15, -0.1) is 0 Å².